The van der Waals surface area contributed by atoms with Gasteiger partial charge in [-0.2, -0.15) is 5.26 Å². The molecule has 2 fully saturated rings. The number of piperidine rings is 1. The molecule has 32 heavy (non-hydrogen) atoms. The van der Waals surface area contributed by atoms with Crippen LogP contribution in [0.15, 0.2) is 36.0 Å². The number of carbonyl (C=O) groups excluding carboxylic acids is 2. The van der Waals surface area contributed by atoms with E-state index in [-0.39, 0.29) is 30.0 Å². The molecule has 2 aromatic rings. The van der Waals surface area contributed by atoms with Gasteiger partial charge in [-0.05, 0) is 43.7 Å². The minimum Gasteiger partial charge on any atom is -0.349 e. The van der Waals surface area contributed by atoms with Crippen LogP contribution in [0.3, 0.4) is 0 Å². The summed E-state index contributed by atoms with van der Waals surface area (Å²) in [6.07, 6.45) is 11.0. The lowest BCUT2D eigenvalue weighted by atomic mass is 9.95. The highest BCUT2D eigenvalue weighted by Gasteiger charge is 2.22. The zero-order valence-electron chi connectivity index (χ0n) is 18.8. The number of fused-ring (bicyclic) bond motifs is 1. The minimum absolute atomic E-state index is 0.106. The Hall–Kier alpha value is -3.07. The maximum Gasteiger partial charge on any atom is 0.262 e. The Balaban J connectivity index is 1.55. The molecular formula is C26H32N4O2. The molecule has 2 heterocycles. The predicted molar refractivity (Wildman–Crippen MR) is 126 cm³/mol. The fourth-order valence-electron chi connectivity index (χ4n) is 4.84. The number of nitrogens with one attached hydrogen (secondary N) is 1. The standard InChI is InChI=1S/C26H32N4O2/c1-19-11-13-29(14-12-19)25(31)18-30-17-21(23-9-5-6-10-24(23)30)15-20(16-27)26(32)28-22-7-3-2-4-8-22/h5-6,9-10,15,17,19,22H,2-4,7-8,11-14,18H2,1H3,(H,28,32)/b20-15+. The molecule has 0 bridgehead atoms. The van der Waals surface area contributed by atoms with E-state index in [1.807, 2.05) is 39.9 Å². The van der Waals surface area contributed by atoms with Gasteiger partial charge >= 0.3 is 0 Å². The summed E-state index contributed by atoms with van der Waals surface area (Å²) in [6, 6.07) is 10.1. The summed E-state index contributed by atoms with van der Waals surface area (Å²) < 4.78 is 1.94. The summed E-state index contributed by atoms with van der Waals surface area (Å²) >= 11 is 0. The van der Waals surface area contributed by atoms with Crippen LogP contribution >= 0.6 is 0 Å². The molecule has 0 spiro atoms. The molecule has 1 aliphatic heterocycles. The lowest BCUT2D eigenvalue weighted by Gasteiger charge is -2.30. The first-order valence-corrected chi connectivity index (χ1v) is 11.8. The number of likely N-dealkylation sites (tertiary alicyclic amines) is 1. The molecular weight excluding hydrogens is 400 g/mol. The summed E-state index contributed by atoms with van der Waals surface area (Å²) in [5.41, 5.74) is 1.83. The molecule has 0 atom stereocenters. The third kappa shape index (κ3) is 5.04. The van der Waals surface area contributed by atoms with Crippen molar-refractivity contribution in [1.29, 1.82) is 5.26 Å². The molecule has 168 valence electrons. The normalized spacial score (nSPS) is 18.5. The fraction of sp³-hybridized carbons (Fsp3) is 0.500. The van der Waals surface area contributed by atoms with Gasteiger partial charge in [-0.3, -0.25) is 9.59 Å². The second-order valence-corrected chi connectivity index (χ2v) is 9.27. The third-order valence-electron chi connectivity index (χ3n) is 6.87. The van der Waals surface area contributed by atoms with Crippen LogP contribution in [0.5, 0.6) is 0 Å². The van der Waals surface area contributed by atoms with Gasteiger partial charge in [-0.1, -0.05) is 44.4 Å². The average molecular weight is 433 g/mol. The van der Waals surface area contributed by atoms with Gasteiger partial charge in [0.1, 0.15) is 18.2 Å². The number of benzene rings is 1. The quantitative estimate of drug-likeness (QED) is 0.567. The molecule has 2 amide bonds. The number of carbonyl (C=O) groups is 2. The van der Waals surface area contributed by atoms with Crippen LogP contribution < -0.4 is 5.32 Å². The smallest absolute Gasteiger partial charge is 0.262 e. The number of nitrogens with zero attached hydrogens (tertiary/aromatic N) is 3. The zero-order chi connectivity index (χ0) is 22.5. The van der Waals surface area contributed by atoms with Gasteiger partial charge in [-0.15, -0.1) is 0 Å². The summed E-state index contributed by atoms with van der Waals surface area (Å²) in [7, 11) is 0. The summed E-state index contributed by atoms with van der Waals surface area (Å²) in [5, 5.41) is 13.6. The number of hydrogen-bond acceptors (Lipinski definition) is 3. The van der Waals surface area contributed by atoms with E-state index in [1.54, 1.807) is 6.08 Å². The Morgan fingerprint density at radius 2 is 1.84 bits per heavy atom. The Kier molecular flexibility index (Phi) is 6.94. The van der Waals surface area contributed by atoms with Gasteiger partial charge in [0.15, 0.2) is 0 Å². The van der Waals surface area contributed by atoms with E-state index in [1.165, 1.54) is 6.42 Å². The summed E-state index contributed by atoms with van der Waals surface area (Å²) in [4.78, 5) is 27.6. The van der Waals surface area contributed by atoms with Crippen LogP contribution in [0.2, 0.25) is 0 Å². The van der Waals surface area contributed by atoms with Crippen molar-refractivity contribution in [2.45, 2.75) is 64.5 Å². The van der Waals surface area contributed by atoms with Crippen molar-refractivity contribution in [3.8, 4) is 6.07 Å². The number of para-hydroxylation sites is 1. The van der Waals surface area contributed by atoms with E-state index in [0.29, 0.717) is 5.92 Å². The van der Waals surface area contributed by atoms with Crippen LogP contribution in [0.25, 0.3) is 17.0 Å². The van der Waals surface area contributed by atoms with E-state index in [0.717, 1.165) is 68.1 Å². The van der Waals surface area contributed by atoms with Crippen LogP contribution in [-0.4, -0.2) is 40.4 Å². The van der Waals surface area contributed by atoms with Crippen LogP contribution in [-0.2, 0) is 16.1 Å². The van der Waals surface area contributed by atoms with Crippen molar-refractivity contribution in [3.63, 3.8) is 0 Å². The topological polar surface area (TPSA) is 78.1 Å². The monoisotopic (exact) mass is 432 g/mol. The molecule has 6 nitrogen and oxygen atoms in total. The van der Waals surface area contributed by atoms with E-state index < -0.39 is 0 Å². The third-order valence-corrected chi connectivity index (χ3v) is 6.87. The average Bonchev–Trinajstić information content (AvgIpc) is 3.15. The lowest BCUT2D eigenvalue weighted by molar-refractivity contribution is -0.133. The number of nitriles is 1. The zero-order valence-corrected chi connectivity index (χ0v) is 18.8. The number of amides is 2. The Morgan fingerprint density at radius 3 is 2.56 bits per heavy atom. The first-order chi connectivity index (χ1) is 15.5. The van der Waals surface area contributed by atoms with Crippen molar-refractivity contribution >= 4 is 28.8 Å². The van der Waals surface area contributed by atoms with E-state index in [9.17, 15) is 14.9 Å². The fourth-order valence-corrected chi connectivity index (χ4v) is 4.84. The van der Waals surface area contributed by atoms with Crippen molar-refractivity contribution in [1.82, 2.24) is 14.8 Å². The highest BCUT2D eigenvalue weighted by Crippen LogP contribution is 2.25. The highest BCUT2D eigenvalue weighted by atomic mass is 16.2. The van der Waals surface area contributed by atoms with Gasteiger partial charge in [0.05, 0.1) is 0 Å². The lowest BCUT2D eigenvalue weighted by Crippen LogP contribution is -2.39. The molecule has 1 saturated carbocycles. The van der Waals surface area contributed by atoms with Gasteiger partial charge in [-0.25, -0.2) is 0 Å². The van der Waals surface area contributed by atoms with Crippen molar-refractivity contribution in [2.24, 2.45) is 5.92 Å². The molecule has 1 aliphatic carbocycles. The molecule has 1 saturated heterocycles. The van der Waals surface area contributed by atoms with Crippen molar-refractivity contribution < 1.29 is 9.59 Å². The first-order valence-electron chi connectivity index (χ1n) is 11.8. The molecule has 2 aliphatic rings. The van der Waals surface area contributed by atoms with Crippen LogP contribution in [0.4, 0.5) is 0 Å². The first kappa shape index (κ1) is 22.1. The molecule has 1 aromatic heterocycles. The number of rotatable bonds is 5. The van der Waals surface area contributed by atoms with Gasteiger partial charge in [0.2, 0.25) is 5.91 Å². The summed E-state index contributed by atoms with van der Waals surface area (Å²) in [5.74, 6) is 0.478. The Morgan fingerprint density at radius 1 is 1.12 bits per heavy atom. The number of aromatic nitrogens is 1. The molecule has 6 heteroatoms. The number of hydrogen-bond donors (Lipinski definition) is 1. The van der Waals surface area contributed by atoms with Crippen LogP contribution in [0.1, 0.15) is 57.4 Å². The van der Waals surface area contributed by atoms with Gasteiger partial charge in [0.25, 0.3) is 5.91 Å². The van der Waals surface area contributed by atoms with Crippen molar-refractivity contribution in [2.75, 3.05) is 13.1 Å². The predicted octanol–water partition coefficient (Wildman–Crippen LogP) is 4.26. The van der Waals surface area contributed by atoms with Gasteiger partial charge < -0.3 is 14.8 Å². The maximum absolute atomic E-state index is 12.9. The van der Waals surface area contributed by atoms with Crippen LogP contribution in [0, 0.1) is 17.2 Å². The molecule has 1 aromatic carbocycles. The molecule has 1 N–H and O–H groups in total. The SMILES string of the molecule is CC1CCN(C(=O)Cn2cc(/C=C(\C#N)C(=O)NC3CCCCC3)c3ccccc32)CC1. The van der Waals surface area contributed by atoms with Gasteiger partial charge in [0, 0.05) is 41.8 Å². The van der Waals surface area contributed by atoms with E-state index in [4.69, 9.17) is 0 Å². The minimum atomic E-state index is -0.310. The Bertz CT molecular complexity index is 1050. The second-order valence-electron chi connectivity index (χ2n) is 9.27. The largest absolute Gasteiger partial charge is 0.349 e. The second kappa shape index (κ2) is 10.0. The summed E-state index contributed by atoms with van der Waals surface area (Å²) in [6.45, 7) is 4.12. The molecule has 0 radical (unpaired) electrons. The molecule has 4 rings (SSSR count). The van der Waals surface area contributed by atoms with Crippen molar-refractivity contribution in [3.05, 3.63) is 41.6 Å². The van der Waals surface area contributed by atoms with E-state index >= 15 is 0 Å². The molecule has 0 unspecified atom stereocenters. The van der Waals surface area contributed by atoms with E-state index in [2.05, 4.69) is 18.3 Å². The maximum atomic E-state index is 12.9. The Labute approximate surface area is 189 Å². The highest BCUT2D eigenvalue weighted by molar-refractivity contribution is 6.04.